The van der Waals surface area contributed by atoms with Crippen molar-refractivity contribution in [2.75, 3.05) is 11.1 Å². The molecule has 0 aliphatic rings. The quantitative estimate of drug-likeness (QED) is 0.396. The van der Waals surface area contributed by atoms with Gasteiger partial charge in [0.1, 0.15) is 18.1 Å². The number of benzene rings is 2. The van der Waals surface area contributed by atoms with Crippen molar-refractivity contribution in [1.82, 2.24) is 19.9 Å². The first-order valence-corrected chi connectivity index (χ1v) is 11.0. The molecule has 0 atom stereocenters. The maximum absolute atomic E-state index is 12.3. The van der Waals surface area contributed by atoms with Crippen molar-refractivity contribution in [2.45, 2.75) is 32.5 Å². The third-order valence-electron chi connectivity index (χ3n) is 4.70. The van der Waals surface area contributed by atoms with Gasteiger partial charge < -0.3 is 14.6 Å². The van der Waals surface area contributed by atoms with Crippen LogP contribution < -0.4 is 10.1 Å². The van der Waals surface area contributed by atoms with E-state index in [9.17, 15) is 4.79 Å². The van der Waals surface area contributed by atoms with Gasteiger partial charge in [0.2, 0.25) is 5.91 Å². The number of hydrogen-bond donors (Lipinski definition) is 1. The van der Waals surface area contributed by atoms with Crippen LogP contribution in [0.25, 0.3) is 5.69 Å². The van der Waals surface area contributed by atoms with Gasteiger partial charge in [-0.25, -0.2) is 0 Å². The minimum atomic E-state index is -0.209. The summed E-state index contributed by atoms with van der Waals surface area (Å²) in [5.74, 6) is 2.44. The van der Waals surface area contributed by atoms with Gasteiger partial charge in [0.15, 0.2) is 16.8 Å². The van der Waals surface area contributed by atoms with E-state index in [2.05, 4.69) is 20.7 Å². The molecule has 4 rings (SSSR count). The third kappa shape index (κ3) is 5.00. The van der Waals surface area contributed by atoms with Crippen molar-refractivity contribution in [3.05, 3.63) is 77.3 Å². The summed E-state index contributed by atoms with van der Waals surface area (Å²) in [4.78, 5) is 12.3. The molecule has 9 heteroatoms. The Balaban J connectivity index is 1.52. The van der Waals surface area contributed by atoms with Gasteiger partial charge in [0.25, 0.3) is 0 Å². The number of anilines is 1. The molecule has 0 unspecified atom stereocenters. The molecule has 1 amide bonds. The van der Waals surface area contributed by atoms with Crippen LogP contribution in [-0.4, -0.2) is 31.6 Å². The number of hydrogen-bond acceptors (Lipinski definition) is 7. The molecule has 164 valence electrons. The van der Waals surface area contributed by atoms with E-state index in [1.165, 1.54) is 11.8 Å². The molecule has 4 aromatic rings. The highest BCUT2D eigenvalue weighted by Crippen LogP contribution is 2.26. The molecular formula is C23H23N5O3S. The number of nitrogens with one attached hydrogen (secondary N) is 1. The largest absolute Gasteiger partial charge is 0.485 e. The molecule has 0 aliphatic heterocycles. The Morgan fingerprint density at radius 2 is 1.81 bits per heavy atom. The second-order valence-electron chi connectivity index (χ2n) is 7.24. The highest BCUT2D eigenvalue weighted by atomic mass is 32.2. The molecule has 0 spiro atoms. The van der Waals surface area contributed by atoms with E-state index in [4.69, 9.17) is 9.26 Å². The number of ether oxygens (including phenoxy) is 1. The van der Waals surface area contributed by atoms with Gasteiger partial charge in [-0.1, -0.05) is 53.3 Å². The lowest BCUT2D eigenvalue weighted by atomic mass is 10.1. The summed E-state index contributed by atoms with van der Waals surface area (Å²) in [6.07, 6.45) is 0. The topological polar surface area (TPSA) is 95.1 Å². The average molecular weight is 450 g/mol. The van der Waals surface area contributed by atoms with Crippen molar-refractivity contribution in [3.8, 4) is 11.4 Å². The van der Waals surface area contributed by atoms with Crippen LogP contribution in [0.4, 0.5) is 5.82 Å². The number of aryl methyl sites for hydroxylation is 3. The predicted octanol–water partition coefficient (Wildman–Crippen LogP) is 4.49. The molecule has 2 aromatic heterocycles. The molecule has 0 bridgehead atoms. The minimum absolute atomic E-state index is 0.147. The summed E-state index contributed by atoms with van der Waals surface area (Å²) in [5, 5.41) is 15.7. The van der Waals surface area contributed by atoms with Crippen molar-refractivity contribution < 1.29 is 14.1 Å². The SMILES string of the molecule is Cc1cc(NC(=O)CSc2nnc(COc3c(C)cccc3C)n2-c2ccccc2)no1. The molecular weight excluding hydrogens is 426 g/mol. The van der Waals surface area contributed by atoms with Crippen LogP contribution in [0.15, 0.2) is 64.3 Å². The maximum atomic E-state index is 12.3. The van der Waals surface area contributed by atoms with E-state index in [0.717, 1.165) is 22.6 Å². The maximum Gasteiger partial charge on any atom is 0.236 e. The Morgan fingerprint density at radius 1 is 1.06 bits per heavy atom. The first kappa shape index (κ1) is 21.6. The van der Waals surface area contributed by atoms with E-state index in [1.54, 1.807) is 13.0 Å². The summed E-state index contributed by atoms with van der Waals surface area (Å²) < 4.78 is 13.0. The molecule has 0 radical (unpaired) electrons. The zero-order chi connectivity index (χ0) is 22.5. The van der Waals surface area contributed by atoms with Gasteiger partial charge >= 0.3 is 0 Å². The Morgan fingerprint density at radius 3 is 2.50 bits per heavy atom. The fraction of sp³-hybridized carbons (Fsp3) is 0.217. The number of amides is 1. The fourth-order valence-corrected chi connectivity index (χ4v) is 3.99. The summed E-state index contributed by atoms with van der Waals surface area (Å²) in [5.41, 5.74) is 3.02. The standard InChI is InChI=1S/C23H23N5O3S/c1-15-8-7-9-16(2)22(15)30-13-20-25-26-23(28(20)18-10-5-4-6-11-18)32-14-21(29)24-19-12-17(3)31-27-19/h4-12H,13-14H2,1-3H3,(H,24,27,29). The Bertz CT molecular complexity index is 1200. The monoisotopic (exact) mass is 449 g/mol. The second kappa shape index (κ2) is 9.69. The molecule has 1 N–H and O–H groups in total. The van der Waals surface area contributed by atoms with E-state index >= 15 is 0 Å². The van der Waals surface area contributed by atoms with Crippen LogP contribution in [0.3, 0.4) is 0 Å². The van der Waals surface area contributed by atoms with Crippen molar-refractivity contribution in [1.29, 1.82) is 0 Å². The summed E-state index contributed by atoms with van der Waals surface area (Å²) >= 11 is 1.29. The highest BCUT2D eigenvalue weighted by molar-refractivity contribution is 7.99. The molecule has 0 saturated heterocycles. The lowest BCUT2D eigenvalue weighted by molar-refractivity contribution is -0.113. The van der Waals surface area contributed by atoms with Crippen molar-refractivity contribution in [2.24, 2.45) is 0 Å². The molecule has 0 fully saturated rings. The van der Waals surface area contributed by atoms with Gasteiger partial charge in [0, 0.05) is 11.8 Å². The van der Waals surface area contributed by atoms with Crippen LogP contribution in [0.1, 0.15) is 22.7 Å². The number of carbonyl (C=O) groups excluding carboxylic acids is 1. The second-order valence-corrected chi connectivity index (χ2v) is 8.18. The van der Waals surface area contributed by atoms with Crippen LogP contribution >= 0.6 is 11.8 Å². The molecule has 0 saturated carbocycles. The van der Waals surface area contributed by atoms with E-state index in [1.807, 2.05) is 66.9 Å². The lowest BCUT2D eigenvalue weighted by Crippen LogP contribution is -2.15. The van der Waals surface area contributed by atoms with Crippen LogP contribution in [0.2, 0.25) is 0 Å². The Labute approximate surface area is 190 Å². The fourth-order valence-electron chi connectivity index (χ4n) is 3.22. The van der Waals surface area contributed by atoms with Crippen LogP contribution in [0.5, 0.6) is 5.75 Å². The Hall–Kier alpha value is -3.59. The number of carbonyl (C=O) groups is 1. The Kier molecular flexibility index (Phi) is 6.55. The summed E-state index contributed by atoms with van der Waals surface area (Å²) in [7, 11) is 0. The summed E-state index contributed by atoms with van der Waals surface area (Å²) in [6.45, 7) is 6.04. The van der Waals surface area contributed by atoms with Gasteiger partial charge in [-0.05, 0) is 44.0 Å². The number of rotatable bonds is 8. The van der Waals surface area contributed by atoms with Gasteiger partial charge in [-0.2, -0.15) is 0 Å². The molecule has 2 heterocycles. The number of aromatic nitrogens is 4. The molecule has 0 aliphatic carbocycles. The van der Waals surface area contributed by atoms with Crippen LogP contribution in [0, 0.1) is 20.8 Å². The highest BCUT2D eigenvalue weighted by Gasteiger charge is 2.17. The molecule has 32 heavy (non-hydrogen) atoms. The zero-order valence-corrected chi connectivity index (χ0v) is 18.8. The number of para-hydroxylation sites is 2. The van der Waals surface area contributed by atoms with E-state index in [-0.39, 0.29) is 18.3 Å². The normalized spacial score (nSPS) is 10.8. The molecule has 8 nitrogen and oxygen atoms in total. The predicted molar refractivity (Wildman–Crippen MR) is 122 cm³/mol. The van der Waals surface area contributed by atoms with Gasteiger partial charge in [-0.15, -0.1) is 10.2 Å². The van der Waals surface area contributed by atoms with Crippen LogP contribution in [-0.2, 0) is 11.4 Å². The zero-order valence-electron chi connectivity index (χ0n) is 18.0. The summed E-state index contributed by atoms with van der Waals surface area (Å²) in [6, 6.07) is 17.5. The average Bonchev–Trinajstić information content (AvgIpc) is 3.38. The first-order chi connectivity index (χ1) is 15.5. The van der Waals surface area contributed by atoms with E-state index in [0.29, 0.717) is 22.6 Å². The van der Waals surface area contributed by atoms with Gasteiger partial charge in [-0.3, -0.25) is 9.36 Å². The number of thioether (sulfide) groups is 1. The van der Waals surface area contributed by atoms with Crippen molar-refractivity contribution in [3.63, 3.8) is 0 Å². The third-order valence-corrected chi connectivity index (χ3v) is 5.63. The first-order valence-electron chi connectivity index (χ1n) is 10.1. The molecule has 2 aromatic carbocycles. The van der Waals surface area contributed by atoms with E-state index < -0.39 is 0 Å². The lowest BCUT2D eigenvalue weighted by Gasteiger charge is -2.13. The number of nitrogens with zero attached hydrogens (tertiary/aromatic N) is 4. The minimum Gasteiger partial charge on any atom is -0.485 e. The van der Waals surface area contributed by atoms with Gasteiger partial charge in [0.05, 0.1) is 5.75 Å². The smallest absolute Gasteiger partial charge is 0.236 e. The van der Waals surface area contributed by atoms with Crippen molar-refractivity contribution >= 4 is 23.5 Å².